The van der Waals surface area contributed by atoms with Gasteiger partial charge in [-0.15, -0.1) is 0 Å². The molecule has 3 aliphatic rings. The third-order valence-electron chi connectivity index (χ3n) is 6.39. The topological polar surface area (TPSA) is 34.4 Å². The average Bonchev–Trinajstić information content (AvgIpc) is 3.46. The maximum absolute atomic E-state index is 13.5. The Morgan fingerprint density at radius 1 is 1.14 bits per heavy atom. The highest BCUT2D eigenvalue weighted by molar-refractivity contribution is 5.84. The number of fused-ring (bicyclic) bond motifs is 2. The Bertz CT molecular complexity index is 1100. The molecule has 2 heterocycles. The summed E-state index contributed by atoms with van der Waals surface area (Å²) in [5.74, 6) is 2.26. The van der Waals surface area contributed by atoms with Gasteiger partial charge in [-0.2, -0.15) is 0 Å². The Balaban J connectivity index is 0.000000994. The van der Waals surface area contributed by atoms with Gasteiger partial charge in [-0.3, -0.25) is 9.20 Å². The number of hydrogen-bond donors (Lipinski definition) is 0. The van der Waals surface area contributed by atoms with Crippen LogP contribution in [0.25, 0.3) is 16.8 Å². The third kappa shape index (κ3) is 3.43. The molecule has 29 heavy (non-hydrogen) atoms. The molecule has 2 aromatic heterocycles. The largest absolute Gasteiger partial charge is 0.268 e. The van der Waals surface area contributed by atoms with Crippen LogP contribution in [0.4, 0.5) is 0 Å². The summed E-state index contributed by atoms with van der Waals surface area (Å²) in [5.41, 5.74) is 4.55. The van der Waals surface area contributed by atoms with Crippen LogP contribution in [-0.2, 0) is 0 Å². The second-order valence-corrected chi connectivity index (χ2v) is 8.09. The molecule has 0 amide bonds. The second-order valence-electron chi connectivity index (χ2n) is 8.09. The molecule has 3 nitrogen and oxygen atoms in total. The van der Waals surface area contributed by atoms with Crippen molar-refractivity contribution in [3.63, 3.8) is 0 Å². The van der Waals surface area contributed by atoms with Crippen LogP contribution in [0, 0.1) is 23.7 Å². The molecular formula is C26H30N2O. The van der Waals surface area contributed by atoms with E-state index in [-0.39, 0.29) is 5.56 Å². The van der Waals surface area contributed by atoms with Gasteiger partial charge >= 0.3 is 0 Å². The van der Waals surface area contributed by atoms with Crippen molar-refractivity contribution in [3.8, 4) is 0 Å². The van der Waals surface area contributed by atoms with Gasteiger partial charge in [-0.05, 0) is 59.8 Å². The molecule has 1 saturated carbocycles. The van der Waals surface area contributed by atoms with Crippen molar-refractivity contribution >= 4 is 16.8 Å². The molecule has 5 rings (SSSR count). The Morgan fingerprint density at radius 3 is 2.76 bits per heavy atom. The van der Waals surface area contributed by atoms with Crippen LogP contribution in [-0.4, -0.2) is 9.38 Å². The maximum Gasteiger partial charge on any atom is 0.266 e. The molecule has 0 bridgehead atoms. The molecule has 150 valence electrons. The zero-order valence-electron chi connectivity index (χ0n) is 17.8. The minimum Gasteiger partial charge on any atom is -0.268 e. The van der Waals surface area contributed by atoms with E-state index in [1.165, 1.54) is 5.57 Å². The first-order valence-corrected chi connectivity index (χ1v) is 10.9. The predicted octanol–water partition coefficient (Wildman–Crippen LogP) is 5.93. The summed E-state index contributed by atoms with van der Waals surface area (Å²) >= 11 is 0. The Labute approximate surface area is 173 Å². The van der Waals surface area contributed by atoms with Crippen LogP contribution in [0.1, 0.15) is 51.8 Å². The number of rotatable bonds is 2. The SMILES string of the molecule is CC.CC1CCC=CC=C1c1nc2ccccn2c(=O)c1C1=CC2C(C)C2C=C1. The van der Waals surface area contributed by atoms with E-state index in [0.29, 0.717) is 29.3 Å². The number of allylic oxidation sites excluding steroid dienone is 8. The number of hydrogen-bond acceptors (Lipinski definition) is 2. The minimum atomic E-state index is 0.0274. The van der Waals surface area contributed by atoms with Crippen molar-refractivity contribution in [2.45, 2.75) is 40.5 Å². The normalized spacial score (nSPS) is 27.3. The highest BCUT2D eigenvalue weighted by Crippen LogP contribution is 2.52. The Morgan fingerprint density at radius 2 is 1.97 bits per heavy atom. The number of nitrogens with zero attached hydrogens (tertiary/aromatic N) is 2. The fourth-order valence-corrected chi connectivity index (χ4v) is 4.54. The van der Waals surface area contributed by atoms with Crippen LogP contribution < -0.4 is 5.56 Å². The summed E-state index contributed by atoms with van der Waals surface area (Å²) in [6.07, 6.45) is 17.1. The van der Waals surface area contributed by atoms with Crippen LogP contribution in [0.5, 0.6) is 0 Å². The standard InChI is InChI=1S/C24H24N2O.C2H6/c1-15-8-4-3-5-9-18(15)23-22(17-11-12-19-16(2)20(19)14-17)24(27)26-13-7-6-10-21(26)25-23;1-2/h3,5-7,9-16,19-20H,4,8H2,1-2H3;1-2H3. The lowest BCUT2D eigenvalue weighted by Gasteiger charge is -2.19. The van der Waals surface area contributed by atoms with E-state index in [0.717, 1.165) is 29.7 Å². The molecule has 0 saturated heterocycles. The molecule has 1 fully saturated rings. The summed E-state index contributed by atoms with van der Waals surface area (Å²) in [7, 11) is 0. The molecule has 0 N–H and O–H groups in total. The molecular weight excluding hydrogens is 356 g/mol. The Hall–Kier alpha value is -2.68. The van der Waals surface area contributed by atoms with Crippen LogP contribution in [0.15, 0.2) is 65.6 Å². The quantitative estimate of drug-likeness (QED) is 0.641. The van der Waals surface area contributed by atoms with Crippen molar-refractivity contribution in [1.29, 1.82) is 0 Å². The molecule has 3 heteroatoms. The van der Waals surface area contributed by atoms with E-state index in [1.54, 1.807) is 4.40 Å². The van der Waals surface area contributed by atoms with E-state index < -0.39 is 0 Å². The van der Waals surface area contributed by atoms with Crippen LogP contribution >= 0.6 is 0 Å². The van der Waals surface area contributed by atoms with Crippen molar-refractivity contribution in [2.24, 2.45) is 23.7 Å². The van der Waals surface area contributed by atoms with Gasteiger partial charge in [0.1, 0.15) is 5.65 Å². The van der Waals surface area contributed by atoms with E-state index >= 15 is 0 Å². The minimum absolute atomic E-state index is 0.0274. The van der Waals surface area contributed by atoms with Gasteiger partial charge in [-0.1, -0.05) is 70.2 Å². The maximum atomic E-state index is 13.5. The molecule has 4 unspecified atom stereocenters. The van der Waals surface area contributed by atoms with Crippen molar-refractivity contribution < 1.29 is 0 Å². The summed E-state index contributed by atoms with van der Waals surface area (Å²) in [4.78, 5) is 18.5. The molecule has 0 spiro atoms. The average molecular weight is 387 g/mol. The first kappa shape index (κ1) is 19.6. The number of aromatic nitrogens is 2. The van der Waals surface area contributed by atoms with Gasteiger partial charge in [0.15, 0.2) is 0 Å². The third-order valence-corrected chi connectivity index (χ3v) is 6.39. The van der Waals surface area contributed by atoms with Gasteiger partial charge in [0.25, 0.3) is 5.56 Å². The lowest BCUT2D eigenvalue weighted by Crippen LogP contribution is -2.23. The fraction of sp³-hybridized carbons (Fsp3) is 0.385. The highest BCUT2D eigenvalue weighted by Gasteiger charge is 2.45. The lowest BCUT2D eigenvalue weighted by atomic mass is 9.89. The van der Waals surface area contributed by atoms with Gasteiger partial charge in [0.2, 0.25) is 0 Å². The second kappa shape index (κ2) is 7.98. The van der Waals surface area contributed by atoms with Crippen LogP contribution in [0.2, 0.25) is 0 Å². The highest BCUT2D eigenvalue weighted by atomic mass is 16.1. The first-order valence-electron chi connectivity index (χ1n) is 10.9. The van der Waals surface area contributed by atoms with Crippen molar-refractivity contribution in [3.05, 3.63) is 82.5 Å². The van der Waals surface area contributed by atoms with Gasteiger partial charge in [0.05, 0.1) is 11.3 Å². The summed E-state index contributed by atoms with van der Waals surface area (Å²) in [5, 5.41) is 0. The molecule has 3 aliphatic carbocycles. The van der Waals surface area contributed by atoms with E-state index in [2.05, 4.69) is 50.3 Å². The fourth-order valence-electron chi connectivity index (χ4n) is 4.54. The van der Waals surface area contributed by atoms with Crippen molar-refractivity contribution in [1.82, 2.24) is 9.38 Å². The monoisotopic (exact) mass is 386 g/mol. The molecule has 0 aliphatic heterocycles. The van der Waals surface area contributed by atoms with Gasteiger partial charge in [0, 0.05) is 6.20 Å². The molecule has 0 radical (unpaired) electrons. The van der Waals surface area contributed by atoms with E-state index in [1.807, 2.05) is 38.2 Å². The zero-order valence-corrected chi connectivity index (χ0v) is 17.8. The lowest BCUT2D eigenvalue weighted by molar-refractivity contribution is 0.676. The molecule has 4 atom stereocenters. The first-order chi connectivity index (χ1) is 14.1. The predicted molar refractivity (Wildman–Crippen MR) is 122 cm³/mol. The summed E-state index contributed by atoms with van der Waals surface area (Å²) in [6.45, 7) is 8.52. The number of pyridine rings is 1. The van der Waals surface area contributed by atoms with Gasteiger partial charge < -0.3 is 0 Å². The molecule has 0 aromatic carbocycles. The van der Waals surface area contributed by atoms with E-state index in [4.69, 9.17) is 4.98 Å². The summed E-state index contributed by atoms with van der Waals surface area (Å²) < 4.78 is 1.67. The smallest absolute Gasteiger partial charge is 0.266 e. The Kier molecular flexibility index (Phi) is 5.40. The van der Waals surface area contributed by atoms with E-state index in [9.17, 15) is 4.79 Å². The summed E-state index contributed by atoms with van der Waals surface area (Å²) in [6, 6.07) is 5.74. The van der Waals surface area contributed by atoms with Gasteiger partial charge in [-0.25, -0.2) is 4.98 Å². The zero-order chi connectivity index (χ0) is 20.5. The molecule has 2 aromatic rings. The van der Waals surface area contributed by atoms with Crippen molar-refractivity contribution in [2.75, 3.05) is 0 Å². The van der Waals surface area contributed by atoms with Crippen LogP contribution in [0.3, 0.4) is 0 Å².